The van der Waals surface area contributed by atoms with Gasteiger partial charge in [-0.15, -0.1) is 0 Å². The molecule has 14 aromatic rings. The smallest absolute Gasteiger partial charge is 0.273 e. The summed E-state index contributed by atoms with van der Waals surface area (Å²) in [5.41, 5.74) is 13.7. The molecule has 15 rings (SSSR count). The number of pyridine rings is 5. The fourth-order valence-electron chi connectivity index (χ4n) is 14.2. The van der Waals surface area contributed by atoms with Crippen molar-refractivity contribution >= 4 is 87.1 Å². The van der Waals surface area contributed by atoms with Crippen molar-refractivity contribution < 1.29 is 51.2 Å². The van der Waals surface area contributed by atoms with Crippen LogP contribution in [-0.2, 0) is 51.3 Å². The molecule has 126 heavy (non-hydrogen) atoms. The Labute approximate surface area is 745 Å². The number of amides is 3. The first-order chi connectivity index (χ1) is 60.5. The summed E-state index contributed by atoms with van der Waals surface area (Å²) >= 11 is 19.2. The van der Waals surface area contributed by atoms with Gasteiger partial charge in [-0.3, -0.25) is 58.6 Å². The van der Waals surface area contributed by atoms with Gasteiger partial charge in [0.15, 0.2) is 23.1 Å². The van der Waals surface area contributed by atoms with E-state index in [-0.39, 0.29) is 83.9 Å². The van der Waals surface area contributed by atoms with Crippen molar-refractivity contribution in [2.24, 2.45) is 5.92 Å². The van der Waals surface area contributed by atoms with Gasteiger partial charge in [0.05, 0.1) is 31.9 Å². The molecular weight excluding hydrogens is 1660 g/mol. The molecule has 1 saturated heterocycles. The molecule has 4 N–H and O–H groups in total. The third-order valence-corrected chi connectivity index (χ3v) is 21.6. The van der Waals surface area contributed by atoms with E-state index in [0.29, 0.717) is 150 Å². The number of carbonyl (C=O) groups excluding carboxylic acids is 7. The summed E-state index contributed by atoms with van der Waals surface area (Å²) in [6, 6.07) is 38.7. The highest BCUT2D eigenvalue weighted by Crippen LogP contribution is 2.42. The van der Waals surface area contributed by atoms with Crippen LogP contribution < -0.4 is 20.9 Å². The Morgan fingerprint density at radius 1 is 0.508 bits per heavy atom. The second kappa shape index (κ2) is 42.4. The Kier molecular flexibility index (Phi) is 31.0. The maximum atomic E-state index is 13.3. The third kappa shape index (κ3) is 23.4. The molecule has 1 aliphatic rings. The molecular formula is C96H99Cl3N16O11. The predicted molar refractivity (Wildman–Crippen MR) is 486 cm³/mol. The number of piperidine rings is 1. The molecule has 650 valence electrons. The van der Waals surface area contributed by atoms with Crippen LogP contribution in [0.5, 0.6) is 0 Å². The lowest BCUT2D eigenvalue weighted by Crippen LogP contribution is -2.45. The first-order valence-electron chi connectivity index (χ1n) is 41.4. The number of furan rings is 2. The van der Waals surface area contributed by atoms with Crippen LogP contribution in [-0.4, -0.2) is 153 Å². The van der Waals surface area contributed by atoms with Crippen molar-refractivity contribution in [3.05, 3.63) is 254 Å². The second-order valence-corrected chi connectivity index (χ2v) is 32.8. The van der Waals surface area contributed by atoms with Crippen molar-refractivity contribution in [3.8, 4) is 91.1 Å². The number of nitrogens with zero attached hydrogens (tertiary/aromatic N) is 12. The van der Waals surface area contributed by atoms with E-state index in [9.17, 15) is 33.6 Å². The summed E-state index contributed by atoms with van der Waals surface area (Å²) in [6.07, 6.45) is 16.8. The molecule has 11 aromatic heterocycles. The number of likely N-dealkylation sites (N-methyl/N-ethyl adjacent to an activating group) is 1. The molecule has 0 saturated carbocycles. The standard InChI is InChI=1S/C28H24ClN5O3.C25H27ClN2O3.C22H21ClN2O3.C21H27N7O2/c1-17-15-31-20(13-18(2)35)14-22(17)28-33-25(26(37-28)21-7-3-4-8-23(21)29)27(36)30-11-10-19-16-34-12-6-5-9-24(34)32-19;1-15(2)9-10-27-25(30)21-13-23(31-24(21)19-7-5-6-8-22(19)26)20-12-18(11-17(4)29)28-14-16(20)3;1-4-24-22(27)18-11-20(28-21(18)16-7-5-6-8-19(16)23)17-10-15(9-14(3)26)25-12-13(17)2;1-13-10-22-15(8-14(2)29)9-17(13)21-25-20(18(30-21)19-23-12-24-26-19)28-7-5-6-16(11-28)27(3)4/h3-9,12,14-16H,10-11,13H2,1-2H3,(H,30,36);5-8,12-15H,9-11H2,1-4H3,(H,27,30);5-8,10-12H,4,9H2,1-3H3,(H,24,27);9-10,12,16H,5-8,11H2,1-4H3,(H,23,24,26). The molecule has 27 nitrogen and oxygen atoms in total. The largest absolute Gasteiger partial charge is 0.455 e. The van der Waals surface area contributed by atoms with Crippen LogP contribution >= 0.6 is 34.8 Å². The van der Waals surface area contributed by atoms with Gasteiger partial charge < -0.3 is 47.8 Å². The molecule has 1 fully saturated rings. The summed E-state index contributed by atoms with van der Waals surface area (Å²) in [5, 5.41) is 17.0. The molecule has 0 bridgehead atoms. The zero-order chi connectivity index (χ0) is 90.0. The van der Waals surface area contributed by atoms with Gasteiger partial charge in [-0.1, -0.05) is 91.1 Å². The highest BCUT2D eigenvalue weighted by Gasteiger charge is 2.32. The van der Waals surface area contributed by atoms with Crippen molar-refractivity contribution in [1.29, 1.82) is 0 Å². The fourth-order valence-corrected chi connectivity index (χ4v) is 14.8. The summed E-state index contributed by atoms with van der Waals surface area (Å²) in [7, 11) is 4.22. The van der Waals surface area contributed by atoms with Crippen LogP contribution in [0.3, 0.4) is 0 Å². The Hall–Kier alpha value is -13.2. The highest BCUT2D eigenvalue weighted by molar-refractivity contribution is 6.34. The lowest BCUT2D eigenvalue weighted by Gasteiger charge is -2.36. The number of hydrogen-bond donors (Lipinski definition) is 4. The van der Waals surface area contributed by atoms with E-state index in [1.165, 1.54) is 27.1 Å². The van der Waals surface area contributed by atoms with Crippen molar-refractivity contribution in [2.75, 3.05) is 51.7 Å². The number of Topliss-reactive ketones (excluding diaryl/α,β-unsaturated/α-hetero) is 4. The first kappa shape index (κ1) is 92.0. The zero-order valence-corrected chi connectivity index (χ0v) is 74.8. The number of hydrogen-bond acceptors (Lipinski definition) is 22. The quantitative estimate of drug-likeness (QED) is 0.0354. The number of H-pyrrole nitrogens is 1. The molecule has 0 radical (unpaired) electrons. The van der Waals surface area contributed by atoms with E-state index in [4.69, 9.17) is 57.5 Å². The number of nitrogens with one attached hydrogen (secondary N) is 4. The van der Waals surface area contributed by atoms with Crippen LogP contribution in [0.2, 0.25) is 15.1 Å². The number of rotatable bonds is 28. The van der Waals surface area contributed by atoms with Crippen molar-refractivity contribution in [2.45, 2.75) is 134 Å². The maximum absolute atomic E-state index is 13.3. The number of fused-ring (bicyclic) bond motifs is 1. The number of carbonyl (C=O) groups is 7. The Balaban J connectivity index is 0.000000154. The van der Waals surface area contributed by atoms with E-state index < -0.39 is 0 Å². The normalized spacial score (nSPS) is 12.4. The summed E-state index contributed by atoms with van der Waals surface area (Å²) in [6.45, 7) is 23.1. The van der Waals surface area contributed by atoms with Gasteiger partial charge in [0, 0.05) is 170 Å². The lowest BCUT2D eigenvalue weighted by molar-refractivity contribution is -0.117. The van der Waals surface area contributed by atoms with Gasteiger partial charge in [0.2, 0.25) is 17.5 Å². The first-order valence-corrected chi connectivity index (χ1v) is 42.5. The van der Waals surface area contributed by atoms with Gasteiger partial charge in [-0.2, -0.15) is 10.1 Å². The van der Waals surface area contributed by atoms with Crippen LogP contribution in [0.1, 0.15) is 150 Å². The van der Waals surface area contributed by atoms with Crippen molar-refractivity contribution in [3.63, 3.8) is 0 Å². The molecule has 1 unspecified atom stereocenters. The Morgan fingerprint density at radius 3 is 1.42 bits per heavy atom. The Bertz CT molecular complexity index is 6250. The molecule has 0 aliphatic carbocycles. The number of oxazole rings is 2. The molecule has 12 heterocycles. The molecule has 30 heteroatoms. The minimum Gasteiger partial charge on any atom is -0.455 e. The lowest BCUT2D eigenvalue weighted by atomic mass is 10.0. The number of halogens is 3. The van der Waals surface area contributed by atoms with Gasteiger partial charge in [0.1, 0.15) is 58.1 Å². The minimum absolute atomic E-state index is 0.00265. The topological polar surface area (TPSA) is 351 Å². The van der Waals surface area contributed by atoms with E-state index in [1.807, 2.05) is 130 Å². The maximum Gasteiger partial charge on any atom is 0.273 e. The third-order valence-electron chi connectivity index (χ3n) is 20.6. The number of anilines is 1. The van der Waals surface area contributed by atoms with E-state index in [1.54, 1.807) is 80.2 Å². The van der Waals surface area contributed by atoms with Gasteiger partial charge in [-0.05, 0) is 209 Å². The van der Waals surface area contributed by atoms with E-state index in [0.717, 1.165) is 88.5 Å². The minimum atomic E-state index is -0.385. The number of imidazole rings is 1. The summed E-state index contributed by atoms with van der Waals surface area (Å²) in [5.74, 6) is 4.59. The molecule has 3 aromatic carbocycles. The predicted octanol–water partition coefficient (Wildman–Crippen LogP) is 18.3. The van der Waals surface area contributed by atoms with Crippen LogP contribution in [0.15, 0.2) is 189 Å². The monoisotopic (exact) mass is 1760 g/mol. The van der Waals surface area contributed by atoms with E-state index in [2.05, 4.69) is 98.8 Å². The van der Waals surface area contributed by atoms with Crippen LogP contribution in [0.4, 0.5) is 5.82 Å². The number of benzene rings is 3. The van der Waals surface area contributed by atoms with Gasteiger partial charge >= 0.3 is 0 Å². The van der Waals surface area contributed by atoms with Crippen molar-refractivity contribution in [1.82, 2.24) is 75.3 Å². The molecule has 1 aliphatic heterocycles. The summed E-state index contributed by atoms with van der Waals surface area (Å²) < 4.78 is 26.6. The Morgan fingerprint density at radius 2 is 0.960 bits per heavy atom. The fraction of sp³-hybridized carbons (Fsp3) is 0.292. The highest BCUT2D eigenvalue weighted by atomic mass is 35.5. The molecule has 1 atom stereocenters. The van der Waals surface area contributed by atoms with Crippen LogP contribution in [0.25, 0.3) is 96.8 Å². The van der Waals surface area contributed by atoms with Gasteiger partial charge in [-0.25, -0.2) is 15.0 Å². The average Bonchev–Trinajstić information content (AvgIpc) is 1.65. The average molecular weight is 1760 g/mol. The number of aromatic amines is 1. The van der Waals surface area contributed by atoms with Gasteiger partial charge in [0.25, 0.3) is 17.7 Å². The zero-order valence-electron chi connectivity index (χ0n) is 72.5. The SMILES string of the molecule is CC(=O)Cc1cc(-c2cc(C(=O)NCCC(C)C)c(-c3ccccc3Cl)o2)c(C)cn1.CC(=O)Cc1cc(-c2nc(C(=O)NCCc3cn4ccccc4n3)c(-c3ccccc3Cl)o2)c(C)cn1.CC(=O)Cc1cc(-c2nc(N3CCCC(N(C)C)C3)c(-c3ncn[nH]3)o2)c(C)cn1.CCNC(=O)c1cc(-c2cc(CC(C)=O)ncc2C)oc1-c1ccccc1Cl. The number of aryl methyl sites for hydroxylation is 4. The van der Waals surface area contributed by atoms with E-state index >= 15 is 0 Å². The second-order valence-electron chi connectivity index (χ2n) is 31.5. The van der Waals surface area contributed by atoms with Crippen LogP contribution in [0, 0.1) is 33.6 Å². The molecule has 0 spiro atoms. The summed E-state index contributed by atoms with van der Waals surface area (Å²) in [4.78, 5) is 125. The molecule has 3 amide bonds. The number of ketones is 4. The number of aromatic nitrogens is 11.